The predicted octanol–water partition coefficient (Wildman–Crippen LogP) is 3.31. The van der Waals surface area contributed by atoms with Crippen molar-refractivity contribution in [2.75, 3.05) is 6.54 Å². The number of azide groups is 1. The zero-order chi connectivity index (χ0) is 23.3. The van der Waals surface area contributed by atoms with Gasteiger partial charge in [0.15, 0.2) is 0 Å². The molecule has 0 aliphatic carbocycles. The van der Waals surface area contributed by atoms with E-state index >= 15 is 0 Å². The molecule has 2 fully saturated rings. The Labute approximate surface area is 186 Å². The smallest absolute Gasteiger partial charge is 0.408 e. The van der Waals surface area contributed by atoms with E-state index in [0.717, 1.165) is 5.56 Å². The molecule has 10 nitrogen and oxygen atoms in total. The lowest BCUT2D eigenvalue weighted by Gasteiger charge is -2.41. The van der Waals surface area contributed by atoms with Crippen LogP contribution in [0.3, 0.4) is 0 Å². The highest BCUT2D eigenvalue weighted by Gasteiger charge is 2.50. The molecule has 2 heterocycles. The van der Waals surface area contributed by atoms with E-state index in [1.54, 1.807) is 20.8 Å². The lowest BCUT2D eigenvalue weighted by atomic mass is 9.86. The fourth-order valence-electron chi connectivity index (χ4n) is 4.29. The molecular weight excluding hydrogens is 414 g/mol. The average Bonchev–Trinajstić information content (AvgIpc) is 3.17. The first kappa shape index (κ1) is 23.4. The third-order valence-corrected chi connectivity index (χ3v) is 5.61. The van der Waals surface area contributed by atoms with E-state index in [-0.39, 0.29) is 31.0 Å². The molecule has 4 unspecified atom stereocenters. The van der Waals surface area contributed by atoms with Crippen molar-refractivity contribution in [1.82, 2.24) is 10.2 Å². The molecule has 2 aliphatic rings. The Kier molecular flexibility index (Phi) is 7.25. The Bertz CT molecular complexity index is 894. The molecule has 1 N–H and O–H groups in total. The number of fused-ring (bicyclic) bond motifs is 1. The van der Waals surface area contributed by atoms with E-state index in [2.05, 4.69) is 15.3 Å². The van der Waals surface area contributed by atoms with Gasteiger partial charge in [0.1, 0.15) is 24.3 Å². The van der Waals surface area contributed by atoms with Crippen molar-refractivity contribution in [3.8, 4) is 0 Å². The minimum atomic E-state index is -0.955. The van der Waals surface area contributed by atoms with Gasteiger partial charge in [-0.25, -0.2) is 9.59 Å². The summed E-state index contributed by atoms with van der Waals surface area (Å²) in [5.41, 5.74) is 8.88. The molecule has 10 heteroatoms. The van der Waals surface area contributed by atoms with Crippen molar-refractivity contribution in [3.05, 3.63) is 46.3 Å². The highest BCUT2D eigenvalue weighted by Crippen LogP contribution is 2.36. The maximum absolute atomic E-state index is 13.4. The molecule has 0 radical (unpaired) electrons. The van der Waals surface area contributed by atoms with Gasteiger partial charge < -0.3 is 19.7 Å². The summed E-state index contributed by atoms with van der Waals surface area (Å²) < 4.78 is 10.8. The number of carbonyl (C=O) groups excluding carboxylic acids is 3. The van der Waals surface area contributed by atoms with Crippen LogP contribution in [-0.4, -0.2) is 53.1 Å². The van der Waals surface area contributed by atoms with Gasteiger partial charge in [-0.3, -0.25) is 4.79 Å². The predicted molar refractivity (Wildman–Crippen MR) is 115 cm³/mol. The van der Waals surface area contributed by atoms with E-state index in [0.29, 0.717) is 19.3 Å². The molecule has 4 atom stereocenters. The fraction of sp³-hybridized carbons (Fsp3) is 0.591. The van der Waals surface area contributed by atoms with Gasteiger partial charge in [-0.1, -0.05) is 35.4 Å². The Hall–Kier alpha value is -3.26. The molecule has 0 bridgehead atoms. The van der Waals surface area contributed by atoms with Crippen LogP contribution in [0.25, 0.3) is 10.4 Å². The van der Waals surface area contributed by atoms with Gasteiger partial charge in [-0.15, -0.1) is 0 Å². The molecule has 0 spiro atoms. The molecule has 0 aromatic heterocycles. The summed E-state index contributed by atoms with van der Waals surface area (Å²) in [5, 5.41) is 6.25. The minimum absolute atomic E-state index is 0.0570. The standard InChI is InChI=1S/C22H29N5O5/c1-22(2,3)32-20(29)17-10-9-16-11-15(12-24-26-23)18(19(28)27(16)17)25-21(30)31-13-14-7-5-4-6-8-14/h4-8,15-18H,9-13H2,1-3H3,(H,25,30). The lowest BCUT2D eigenvalue weighted by Crippen LogP contribution is -2.62. The molecule has 3 rings (SSSR count). The number of hydrogen-bond acceptors (Lipinski definition) is 6. The van der Waals surface area contributed by atoms with Crippen molar-refractivity contribution < 1.29 is 23.9 Å². The number of esters is 1. The maximum Gasteiger partial charge on any atom is 0.408 e. The highest BCUT2D eigenvalue weighted by molar-refractivity contribution is 5.91. The van der Waals surface area contributed by atoms with Crippen LogP contribution in [-0.2, 0) is 25.7 Å². The quantitative estimate of drug-likeness (QED) is 0.312. The van der Waals surface area contributed by atoms with Crippen LogP contribution in [0.4, 0.5) is 4.79 Å². The molecule has 1 aromatic carbocycles. The Morgan fingerprint density at radius 1 is 1.25 bits per heavy atom. The van der Waals surface area contributed by atoms with Crippen LogP contribution in [0.15, 0.2) is 35.4 Å². The Morgan fingerprint density at radius 3 is 2.62 bits per heavy atom. The van der Waals surface area contributed by atoms with E-state index in [1.165, 1.54) is 4.90 Å². The zero-order valence-corrected chi connectivity index (χ0v) is 18.6. The summed E-state index contributed by atoms with van der Waals surface area (Å²) in [4.78, 5) is 42.9. The number of amides is 2. The molecule has 1 aromatic rings. The number of ether oxygens (including phenoxy) is 2. The van der Waals surface area contributed by atoms with Crippen molar-refractivity contribution in [3.63, 3.8) is 0 Å². The number of piperidine rings is 1. The first-order valence-corrected chi connectivity index (χ1v) is 10.7. The number of hydrogen-bond donors (Lipinski definition) is 1. The Morgan fingerprint density at radius 2 is 1.97 bits per heavy atom. The summed E-state index contributed by atoms with van der Waals surface area (Å²) >= 11 is 0. The van der Waals surface area contributed by atoms with Gasteiger partial charge >= 0.3 is 12.1 Å². The molecule has 32 heavy (non-hydrogen) atoms. The number of nitrogens with one attached hydrogen (secondary N) is 1. The number of nitrogens with zero attached hydrogens (tertiary/aromatic N) is 4. The minimum Gasteiger partial charge on any atom is -0.458 e. The molecule has 2 aliphatic heterocycles. The largest absolute Gasteiger partial charge is 0.458 e. The van der Waals surface area contributed by atoms with Gasteiger partial charge in [0.2, 0.25) is 5.91 Å². The molecule has 2 saturated heterocycles. The third kappa shape index (κ3) is 5.70. The second-order valence-electron chi connectivity index (χ2n) is 9.12. The van der Waals surface area contributed by atoms with E-state index < -0.39 is 29.7 Å². The van der Waals surface area contributed by atoms with Crippen molar-refractivity contribution in [2.24, 2.45) is 11.0 Å². The van der Waals surface area contributed by atoms with Crippen LogP contribution in [0.1, 0.15) is 45.6 Å². The monoisotopic (exact) mass is 443 g/mol. The number of alkyl carbamates (subject to hydrolysis) is 1. The van der Waals surface area contributed by atoms with Crippen molar-refractivity contribution >= 4 is 18.0 Å². The van der Waals surface area contributed by atoms with Crippen molar-refractivity contribution in [1.29, 1.82) is 0 Å². The molecule has 0 saturated carbocycles. The summed E-state index contributed by atoms with van der Waals surface area (Å²) in [5.74, 6) is -1.22. The van der Waals surface area contributed by atoms with Crippen LogP contribution < -0.4 is 5.32 Å². The Balaban J connectivity index is 1.72. The first-order valence-electron chi connectivity index (χ1n) is 10.7. The van der Waals surface area contributed by atoms with Crippen molar-refractivity contribution in [2.45, 2.75) is 70.4 Å². The van der Waals surface area contributed by atoms with E-state index in [1.807, 2.05) is 30.3 Å². The number of benzene rings is 1. The molecular formula is C22H29N5O5. The second-order valence-corrected chi connectivity index (χ2v) is 9.12. The first-order chi connectivity index (χ1) is 15.2. The highest BCUT2D eigenvalue weighted by atomic mass is 16.6. The summed E-state index contributed by atoms with van der Waals surface area (Å²) in [6, 6.07) is 7.35. The van der Waals surface area contributed by atoms with E-state index in [9.17, 15) is 14.4 Å². The van der Waals surface area contributed by atoms with Crippen LogP contribution in [0.2, 0.25) is 0 Å². The SMILES string of the molecule is CC(C)(C)OC(=O)C1CCC2CC(CN=[N+]=[N-])C(NC(=O)OCc3ccccc3)C(=O)N21. The number of rotatable bonds is 6. The topological polar surface area (TPSA) is 134 Å². The van der Waals surface area contributed by atoms with Crippen LogP contribution in [0.5, 0.6) is 0 Å². The van der Waals surface area contributed by atoms with Crippen LogP contribution in [0, 0.1) is 5.92 Å². The maximum atomic E-state index is 13.4. The summed E-state index contributed by atoms with van der Waals surface area (Å²) in [6.45, 7) is 5.45. The van der Waals surface area contributed by atoms with Gasteiger partial charge in [0.05, 0.1) is 0 Å². The molecule has 2 amide bonds. The van der Waals surface area contributed by atoms with Gasteiger partial charge in [0, 0.05) is 17.5 Å². The van der Waals surface area contributed by atoms with Crippen LogP contribution >= 0.6 is 0 Å². The number of carbonyl (C=O) groups is 3. The average molecular weight is 444 g/mol. The lowest BCUT2D eigenvalue weighted by molar-refractivity contribution is -0.166. The summed E-state index contributed by atoms with van der Waals surface area (Å²) in [6.07, 6.45) is 0.899. The molecule has 172 valence electrons. The van der Waals surface area contributed by atoms with Gasteiger partial charge in [-0.05, 0) is 57.0 Å². The summed E-state index contributed by atoms with van der Waals surface area (Å²) in [7, 11) is 0. The normalized spacial score (nSPS) is 24.8. The second kappa shape index (κ2) is 9.91. The van der Waals surface area contributed by atoms with Gasteiger partial charge in [-0.2, -0.15) is 0 Å². The fourth-order valence-corrected chi connectivity index (χ4v) is 4.29. The van der Waals surface area contributed by atoms with E-state index in [4.69, 9.17) is 15.0 Å². The third-order valence-electron chi connectivity index (χ3n) is 5.61. The zero-order valence-electron chi connectivity index (χ0n) is 18.6. The van der Waals surface area contributed by atoms with Gasteiger partial charge in [0.25, 0.3) is 0 Å².